The molecule has 0 radical (unpaired) electrons. The smallest absolute Gasteiger partial charge is 0.270 e. The average molecular weight is 371 g/mol. The van der Waals surface area contributed by atoms with Gasteiger partial charge in [-0.3, -0.25) is 19.7 Å². The van der Waals surface area contributed by atoms with Crippen molar-refractivity contribution < 1.29 is 19.2 Å². The van der Waals surface area contributed by atoms with Crippen LogP contribution >= 0.6 is 0 Å². The Morgan fingerprint density at radius 3 is 2.37 bits per heavy atom. The SMILES string of the molecule is CC(C)(C)NC(=O)CNC(=O)c1cc([N+](=O)[O-])ccc1Oc1ccccc1. The van der Waals surface area contributed by atoms with E-state index in [1.807, 2.05) is 26.8 Å². The minimum absolute atomic E-state index is 0.0309. The number of amides is 2. The summed E-state index contributed by atoms with van der Waals surface area (Å²) < 4.78 is 5.67. The summed E-state index contributed by atoms with van der Waals surface area (Å²) in [5.74, 6) is -0.382. The van der Waals surface area contributed by atoms with Gasteiger partial charge in [0.15, 0.2) is 0 Å². The van der Waals surface area contributed by atoms with Crippen molar-refractivity contribution in [1.29, 1.82) is 0 Å². The van der Waals surface area contributed by atoms with Gasteiger partial charge in [0.05, 0.1) is 17.0 Å². The minimum Gasteiger partial charge on any atom is -0.457 e. The monoisotopic (exact) mass is 371 g/mol. The Morgan fingerprint density at radius 1 is 1.11 bits per heavy atom. The van der Waals surface area contributed by atoms with E-state index in [-0.39, 0.29) is 29.5 Å². The molecule has 0 aliphatic carbocycles. The number of carbonyl (C=O) groups excluding carboxylic acids is 2. The van der Waals surface area contributed by atoms with Crippen LogP contribution in [0.3, 0.4) is 0 Å². The lowest BCUT2D eigenvalue weighted by molar-refractivity contribution is -0.384. The number of carbonyl (C=O) groups is 2. The second-order valence-corrected chi connectivity index (χ2v) is 6.83. The molecule has 0 spiro atoms. The number of ether oxygens (including phenoxy) is 1. The number of para-hydroxylation sites is 1. The van der Waals surface area contributed by atoms with Crippen LogP contribution in [0, 0.1) is 10.1 Å². The summed E-state index contributed by atoms with van der Waals surface area (Å²) in [4.78, 5) is 34.8. The Kier molecular flexibility index (Phi) is 6.12. The molecule has 8 heteroatoms. The van der Waals surface area contributed by atoms with Gasteiger partial charge in [0, 0.05) is 17.7 Å². The van der Waals surface area contributed by atoms with Crippen LogP contribution in [0.4, 0.5) is 5.69 Å². The fraction of sp³-hybridized carbons (Fsp3) is 0.263. The van der Waals surface area contributed by atoms with Crippen molar-refractivity contribution in [2.75, 3.05) is 6.54 Å². The second kappa shape index (κ2) is 8.31. The normalized spacial score (nSPS) is 10.8. The van der Waals surface area contributed by atoms with Crippen LogP contribution in [0.2, 0.25) is 0 Å². The molecule has 142 valence electrons. The molecule has 0 saturated carbocycles. The molecule has 2 aromatic rings. The number of hydrogen-bond acceptors (Lipinski definition) is 5. The molecule has 0 aliphatic rings. The fourth-order valence-electron chi connectivity index (χ4n) is 2.23. The van der Waals surface area contributed by atoms with Crippen molar-refractivity contribution in [3.8, 4) is 11.5 Å². The number of nitro groups is 1. The van der Waals surface area contributed by atoms with Gasteiger partial charge in [-0.1, -0.05) is 18.2 Å². The summed E-state index contributed by atoms with van der Waals surface area (Å²) >= 11 is 0. The number of non-ortho nitro benzene ring substituents is 1. The summed E-state index contributed by atoms with van der Waals surface area (Å²) in [5.41, 5.74) is -0.717. The molecule has 2 amide bonds. The van der Waals surface area contributed by atoms with Gasteiger partial charge in [-0.15, -0.1) is 0 Å². The molecule has 8 nitrogen and oxygen atoms in total. The van der Waals surface area contributed by atoms with Gasteiger partial charge in [0.2, 0.25) is 5.91 Å². The second-order valence-electron chi connectivity index (χ2n) is 6.83. The first kappa shape index (κ1) is 19.9. The van der Waals surface area contributed by atoms with Gasteiger partial charge in [0.1, 0.15) is 11.5 Å². The summed E-state index contributed by atoms with van der Waals surface area (Å²) in [7, 11) is 0. The van der Waals surface area contributed by atoms with E-state index in [1.54, 1.807) is 24.3 Å². The third-order valence-electron chi connectivity index (χ3n) is 3.31. The van der Waals surface area contributed by atoms with Crippen molar-refractivity contribution in [2.24, 2.45) is 0 Å². The molecule has 0 unspecified atom stereocenters. The summed E-state index contributed by atoms with van der Waals surface area (Å²) in [5, 5.41) is 16.2. The molecule has 2 rings (SSSR count). The molecule has 0 heterocycles. The number of hydrogen-bond donors (Lipinski definition) is 2. The predicted molar refractivity (Wildman–Crippen MR) is 99.8 cm³/mol. The Bertz CT molecular complexity index is 844. The largest absolute Gasteiger partial charge is 0.457 e. The fourth-order valence-corrected chi connectivity index (χ4v) is 2.23. The lowest BCUT2D eigenvalue weighted by Gasteiger charge is -2.20. The number of nitro benzene ring substituents is 1. The zero-order chi connectivity index (χ0) is 20.0. The summed E-state index contributed by atoms with van der Waals surface area (Å²) in [6.45, 7) is 5.20. The molecule has 0 aromatic heterocycles. The van der Waals surface area contributed by atoms with E-state index in [0.29, 0.717) is 5.75 Å². The number of benzene rings is 2. The van der Waals surface area contributed by atoms with Crippen molar-refractivity contribution in [3.05, 3.63) is 64.2 Å². The van der Waals surface area contributed by atoms with Crippen LogP contribution < -0.4 is 15.4 Å². The first-order valence-electron chi connectivity index (χ1n) is 8.26. The molecule has 2 aromatic carbocycles. The van der Waals surface area contributed by atoms with Gasteiger partial charge in [-0.05, 0) is 39.0 Å². The topological polar surface area (TPSA) is 111 Å². The van der Waals surface area contributed by atoms with E-state index >= 15 is 0 Å². The molecule has 0 aliphatic heterocycles. The van der Waals surface area contributed by atoms with Crippen molar-refractivity contribution in [2.45, 2.75) is 26.3 Å². The third-order valence-corrected chi connectivity index (χ3v) is 3.31. The zero-order valence-electron chi connectivity index (χ0n) is 15.3. The van der Waals surface area contributed by atoms with Crippen LogP contribution in [-0.4, -0.2) is 28.8 Å². The van der Waals surface area contributed by atoms with E-state index in [1.165, 1.54) is 12.1 Å². The van der Waals surface area contributed by atoms with Gasteiger partial charge in [-0.25, -0.2) is 0 Å². The number of rotatable bonds is 6. The maximum absolute atomic E-state index is 12.5. The highest BCUT2D eigenvalue weighted by Gasteiger charge is 2.20. The van der Waals surface area contributed by atoms with Gasteiger partial charge in [0.25, 0.3) is 11.6 Å². The van der Waals surface area contributed by atoms with E-state index in [0.717, 1.165) is 6.07 Å². The Labute approximate surface area is 156 Å². The van der Waals surface area contributed by atoms with E-state index in [4.69, 9.17) is 4.74 Å². The van der Waals surface area contributed by atoms with E-state index in [2.05, 4.69) is 10.6 Å². The van der Waals surface area contributed by atoms with Crippen molar-refractivity contribution in [1.82, 2.24) is 10.6 Å². The molecule has 0 saturated heterocycles. The highest BCUT2D eigenvalue weighted by atomic mass is 16.6. The Morgan fingerprint density at radius 2 is 1.78 bits per heavy atom. The first-order valence-corrected chi connectivity index (χ1v) is 8.26. The molecule has 2 N–H and O–H groups in total. The first-order chi connectivity index (χ1) is 12.7. The van der Waals surface area contributed by atoms with E-state index in [9.17, 15) is 19.7 Å². The Hall–Kier alpha value is -3.42. The zero-order valence-corrected chi connectivity index (χ0v) is 15.3. The highest BCUT2D eigenvalue weighted by molar-refractivity contribution is 5.99. The molecular weight excluding hydrogens is 350 g/mol. The van der Waals surface area contributed by atoms with Gasteiger partial charge in [-0.2, -0.15) is 0 Å². The van der Waals surface area contributed by atoms with E-state index < -0.39 is 16.4 Å². The molecule has 27 heavy (non-hydrogen) atoms. The van der Waals surface area contributed by atoms with Crippen LogP contribution in [0.1, 0.15) is 31.1 Å². The van der Waals surface area contributed by atoms with Crippen molar-refractivity contribution in [3.63, 3.8) is 0 Å². The molecule has 0 fully saturated rings. The van der Waals surface area contributed by atoms with Gasteiger partial charge >= 0.3 is 0 Å². The standard InChI is InChI=1S/C19H21N3O5/c1-19(2,3)21-17(23)12-20-18(24)15-11-13(22(25)26)9-10-16(15)27-14-7-5-4-6-8-14/h4-11H,12H2,1-3H3,(H,20,24)(H,21,23). The van der Waals surface area contributed by atoms with Gasteiger partial charge < -0.3 is 15.4 Å². The highest BCUT2D eigenvalue weighted by Crippen LogP contribution is 2.28. The van der Waals surface area contributed by atoms with Crippen molar-refractivity contribution >= 4 is 17.5 Å². The van der Waals surface area contributed by atoms with Crippen LogP contribution in [0.5, 0.6) is 11.5 Å². The van der Waals surface area contributed by atoms with Crippen LogP contribution in [-0.2, 0) is 4.79 Å². The average Bonchev–Trinajstić information content (AvgIpc) is 2.59. The maximum Gasteiger partial charge on any atom is 0.270 e. The molecule has 0 bridgehead atoms. The van der Waals surface area contributed by atoms with Crippen LogP contribution in [0.25, 0.3) is 0 Å². The van der Waals surface area contributed by atoms with Crippen LogP contribution in [0.15, 0.2) is 48.5 Å². The molecular formula is C19H21N3O5. The molecule has 0 atom stereocenters. The number of nitrogens with zero attached hydrogens (tertiary/aromatic N) is 1. The number of nitrogens with one attached hydrogen (secondary N) is 2. The third kappa shape index (κ3) is 6.10. The predicted octanol–water partition coefficient (Wildman–Crippen LogP) is 3.03. The minimum atomic E-state index is -0.645. The Balaban J connectivity index is 2.21. The lowest BCUT2D eigenvalue weighted by atomic mass is 10.1. The lowest BCUT2D eigenvalue weighted by Crippen LogP contribution is -2.45. The maximum atomic E-state index is 12.5. The summed E-state index contributed by atoms with van der Waals surface area (Å²) in [6, 6.07) is 12.4. The quantitative estimate of drug-likeness (QED) is 0.599. The summed E-state index contributed by atoms with van der Waals surface area (Å²) in [6.07, 6.45) is 0.